The van der Waals surface area contributed by atoms with Crippen molar-refractivity contribution in [1.82, 2.24) is 5.32 Å². The fraction of sp³-hybridized carbons (Fsp3) is 0.444. The minimum atomic E-state index is -0.583. The van der Waals surface area contributed by atoms with Crippen molar-refractivity contribution in [2.45, 2.75) is 26.7 Å². The summed E-state index contributed by atoms with van der Waals surface area (Å²) in [5, 5.41) is 2.47. The van der Waals surface area contributed by atoms with Gasteiger partial charge in [0.2, 0.25) is 0 Å². The number of carbonyl (C=O) groups is 2. The van der Waals surface area contributed by atoms with Crippen molar-refractivity contribution in [1.29, 1.82) is 0 Å². The number of rotatable bonds is 9. The van der Waals surface area contributed by atoms with E-state index in [1.54, 1.807) is 6.92 Å². The van der Waals surface area contributed by atoms with Crippen LogP contribution in [0.1, 0.15) is 32.3 Å². The molecular weight excluding hydrogens is 310 g/mol. The number of amides is 1. The molecule has 0 aliphatic carbocycles. The molecule has 1 N–H and O–H groups in total. The topological polar surface area (TPSA) is 73.9 Å². The fourth-order valence-electron chi connectivity index (χ4n) is 1.71. The lowest BCUT2D eigenvalue weighted by Crippen LogP contribution is -2.29. The van der Waals surface area contributed by atoms with Gasteiger partial charge in [-0.05, 0) is 30.5 Å². The predicted octanol–water partition coefficient (Wildman–Crippen LogP) is 3.03. The molecule has 1 amide bonds. The smallest absolute Gasteiger partial charge is 0.407 e. The average Bonchev–Trinajstić information content (AvgIpc) is 2.55. The lowest BCUT2D eigenvalue weighted by molar-refractivity contribution is -0.138. The van der Waals surface area contributed by atoms with Gasteiger partial charge in [0.05, 0.1) is 6.54 Å². The SMILES string of the molecule is C=C(C)C(=O)OCCNC(=O)OCCOc1ccc(C(C)C)cc1. The monoisotopic (exact) mass is 335 g/mol. The van der Waals surface area contributed by atoms with Crippen molar-refractivity contribution in [3.05, 3.63) is 42.0 Å². The average molecular weight is 335 g/mol. The van der Waals surface area contributed by atoms with E-state index < -0.39 is 12.1 Å². The van der Waals surface area contributed by atoms with E-state index in [2.05, 4.69) is 25.7 Å². The molecule has 0 atom stereocenters. The molecule has 6 nitrogen and oxygen atoms in total. The van der Waals surface area contributed by atoms with Crippen molar-refractivity contribution in [3.63, 3.8) is 0 Å². The summed E-state index contributed by atoms with van der Waals surface area (Å²) in [4.78, 5) is 22.5. The zero-order chi connectivity index (χ0) is 17.9. The van der Waals surface area contributed by atoms with E-state index in [9.17, 15) is 9.59 Å². The standard InChI is InChI=1S/C18H25NO5/c1-13(2)15-5-7-16(8-6-15)22-11-12-24-18(21)19-9-10-23-17(20)14(3)4/h5-8,13H,3,9-12H2,1-2,4H3,(H,19,21). The Hall–Kier alpha value is -2.50. The van der Waals surface area contributed by atoms with Gasteiger partial charge in [0.25, 0.3) is 0 Å². The Balaban J connectivity index is 2.11. The Morgan fingerprint density at radius 1 is 1.08 bits per heavy atom. The highest BCUT2D eigenvalue weighted by Gasteiger charge is 2.05. The van der Waals surface area contributed by atoms with Crippen LogP contribution >= 0.6 is 0 Å². The van der Waals surface area contributed by atoms with Crippen LogP contribution in [-0.4, -0.2) is 38.4 Å². The summed E-state index contributed by atoms with van der Waals surface area (Å²) >= 11 is 0. The number of benzene rings is 1. The molecule has 6 heteroatoms. The van der Waals surface area contributed by atoms with E-state index in [1.807, 2.05) is 24.3 Å². The molecule has 0 aromatic heterocycles. The zero-order valence-electron chi connectivity index (χ0n) is 14.5. The number of alkyl carbamates (subject to hydrolysis) is 1. The second kappa shape index (κ2) is 10.3. The first kappa shape index (κ1) is 19.5. The van der Waals surface area contributed by atoms with Crippen LogP contribution in [0.4, 0.5) is 4.79 Å². The predicted molar refractivity (Wildman–Crippen MR) is 91.1 cm³/mol. The molecule has 1 aromatic rings. The molecule has 0 fully saturated rings. The maximum atomic E-state index is 11.4. The summed E-state index contributed by atoms with van der Waals surface area (Å²) in [6.45, 7) is 9.90. The van der Waals surface area contributed by atoms with Crippen LogP contribution in [0.25, 0.3) is 0 Å². The zero-order valence-corrected chi connectivity index (χ0v) is 14.5. The Morgan fingerprint density at radius 3 is 2.33 bits per heavy atom. The van der Waals surface area contributed by atoms with Gasteiger partial charge in [-0.1, -0.05) is 32.6 Å². The minimum Gasteiger partial charge on any atom is -0.490 e. The van der Waals surface area contributed by atoms with E-state index >= 15 is 0 Å². The van der Waals surface area contributed by atoms with Gasteiger partial charge in [-0.3, -0.25) is 0 Å². The van der Waals surface area contributed by atoms with Crippen LogP contribution in [0, 0.1) is 0 Å². The van der Waals surface area contributed by atoms with Crippen molar-refractivity contribution >= 4 is 12.1 Å². The normalized spacial score (nSPS) is 10.2. The molecule has 0 aliphatic rings. The Bertz CT molecular complexity index is 551. The van der Waals surface area contributed by atoms with Crippen molar-refractivity contribution in [3.8, 4) is 5.75 Å². The first-order chi connectivity index (χ1) is 11.4. The van der Waals surface area contributed by atoms with E-state index in [1.165, 1.54) is 5.56 Å². The first-order valence-corrected chi connectivity index (χ1v) is 7.86. The third-order valence-electron chi connectivity index (χ3n) is 3.09. The van der Waals surface area contributed by atoms with Gasteiger partial charge in [-0.2, -0.15) is 0 Å². The Kier molecular flexibility index (Phi) is 8.39. The van der Waals surface area contributed by atoms with Gasteiger partial charge in [0.15, 0.2) is 0 Å². The lowest BCUT2D eigenvalue weighted by Gasteiger charge is -2.10. The summed E-state index contributed by atoms with van der Waals surface area (Å²) in [6.07, 6.45) is -0.583. The highest BCUT2D eigenvalue weighted by molar-refractivity contribution is 5.86. The summed E-state index contributed by atoms with van der Waals surface area (Å²) in [6, 6.07) is 7.82. The molecule has 0 radical (unpaired) electrons. The molecule has 0 bridgehead atoms. The summed E-state index contributed by atoms with van der Waals surface area (Å²) in [7, 11) is 0. The minimum absolute atomic E-state index is 0.0689. The van der Waals surface area contributed by atoms with Crippen molar-refractivity contribution in [2.75, 3.05) is 26.4 Å². The van der Waals surface area contributed by atoms with E-state index in [0.29, 0.717) is 11.5 Å². The number of ether oxygens (including phenoxy) is 3. The van der Waals surface area contributed by atoms with E-state index in [0.717, 1.165) is 5.75 Å². The second-order valence-corrected chi connectivity index (χ2v) is 5.55. The molecule has 0 saturated heterocycles. The number of nitrogens with one attached hydrogen (secondary N) is 1. The molecule has 0 unspecified atom stereocenters. The summed E-state index contributed by atoms with van der Waals surface area (Å²) in [5.74, 6) is 0.720. The largest absolute Gasteiger partial charge is 0.490 e. The van der Waals surface area contributed by atoms with Gasteiger partial charge in [-0.25, -0.2) is 9.59 Å². The fourth-order valence-corrected chi connectivity index (χ4v) is 1.71. The first-order valence-electron chi connectivity index (χ1n) is 7.86. The number of esters is 1. The summed E-state index contributed by atoms with van der Waals surface area (Å²) < 4.78 is 15.3. The van der Waals surface area contributed by atoms with Gasteiger partial charge >= 0.3 is 12.1 Å². The van der Waals surface area contributed by atoms with Crippen LogP contribution in [0.5, 0.6) is 5.75 Å². The van der Waals surface area contributed by atoms with Gasteiger partial charge in [0, 0.05) is 5.57 Å². The highest BCUT2D eigenvalue weighted by atomic mass is 16.6. The van der Waals surface area contributed by atoms with Gasteiger partial charge < -0.3 is 19.5 Å². The maximum Gasteiger partial charge on any atom is 0.407 e. The van der Waals surface area contributed by atoms with E-state index in [4.69, 9.17) is 14.2 Å². The van der Waals surface area contributed by atoms with Gasteiger partial charge in [0.1, 0.15) is 25.6 Å². The van der Waals surface area contributed by atoms with Crippen molar-refractivity contribution < 1.29 is 23.8 Å². The quantitative estimate of drug-likeness (QED) is 0.426. The maximum absolute atomic E-state index is 11.4. The summed E-state index contributed by atoms with van der Waals surface area (Å²) in [5.41, 5.74) is 1.56. The molecule has 1 aromatic carbocycles. The van der Waals surface area contributed by atoms with Gasteiger partial charge in [-0.15, -0.1) is 0 Å². The number of carbonyl (C=O) groups excluding carboxylic acids is 2. The Labute approximate surface area is 142 Å². The van der Waals surface area contributed by atoms with E-state index in [-0.39, 0.29) is 26.4 Å². The molecule has 24 heavy (non-hydrogen) atoms. The van der Waals surface area contributed by atoms with Crippen LogP contribution in [0.3, 0.4) is 0 Å². The molecule has 0 heterocycles. The molecule has 0 spiro atoms. The second-order valence-electron chi connectivity index (χ2n) is 5.55. The molecule has 132 valence electrons. The molecular formula is C18H25NO5. The molecule has 1 rings (SSSR count). The number of hydrogen-bond acceptors (Lipinski definition) is 5. The number of hydrogen-bond donors (Lipinski definition) is 1. The van der Waals surface area contributed by atoms with Crippen LogP contribution in [0.2, 0.25) is 0 Å². The van der Waals surface area contributed by atoms with Crippen LogP contribution in [-0.2, 0) is 14.3 Å². The van der Waals surface area contributed by atoms with Crippen LogP contribution in [0.15, 0.2) is 36.4 Å². The third kappa shape index (κ3) is 7.67. The van der Waals surface area contributed by atoms with Crippen molar-refractivity contribution in [2.24, 2.45) is 0 Å². The highest BCUT2D eigenvalue weighted by Crippen LogP contribution is 2.18. The van der Waals surface area contributed by atoms with Crippen LogP contribution < -0.4 is 10.1 Å². The lowest BCUT2D eigenvalue weighted by atomic mass is 10.0. The molecule has 0 aliphatic heterocycles. The third-order valence-corrected chi connectivity index (χ3v) is 3.09. The Morgan fingerprint density at radius 2 is 1.75 bits per heavy atom. The molecule has 0 saturated carbocycles.